The van der Waals surface area contributed by atoms with E-state index in [2.05, 4.69) is 51.9 Å². The molecule has 2 aromatic rings. The van der Waals surface area contributed by atoms with Gasteiger partial charge in [0.05, 0.1) is 11.7 Å². The van der Waals surface area contributed by atoms with Gasteiger partial charge in [-0.3, -0.25) is 0 Å². The molecule has 0 aliphatic heterocycles. The van der Waals surface area contributed by atoms with Crippen molar-refractivity contribution in [1.29, 1.82) is 0 Å². The predicted octanol–water partition coefficient (Wildman–Crippen LogP) is 4.40. The van der Waals surface area contributed by atoms with Crippen molar-refractivity contribution < 1.29 is 0 Å². The van der Waals surface area contributed by atoms with Crippen LogP contribution < -0.4 is 5.32 Å². The largest absolute Gasteiger partial charge is 0.307 e. The minimum absolute atomic E-state index is 0.212. The Morgan fingerprint density at radius 3 is 2.53 bits per heavy atom. The number of thiazole rings is 1. The van der Waals surface area contributed by atoms with Gasteiger partial charge in [-0.1, -0.05) is 13.8 Å². The number of rotatable bonds is 4. The number of nitrogens with zero attached hydrogens (tertiary/aromatic N) is 1. The van der Waals surface area contributed by atoms with E-state index in [1.165, 1.54) is 10.6 Å². The molecule has 0 saturated carbocycles. The number of hydrogen-bond donors (Lipinski definition) is 1. The molecule has 1 atom stereocenters. The van der Waals surface area contributed by atoms with Gasteiger partial charge in [-0.2, -0.15) is 0 Å². The van der Waals surface area contributed by atoms with Gasteiger partial charge in [-0.05, 0) is 35.0 Å². The zero-order valence-corrected chi connectivity index (χ0v) is 13.2. The van der Waals surface area contributed by atoms with Crippen molar-refractivity contribution in [2.75, 3.05) is 7.05 Å². The minimum atomic E-state index is 0.212. The minimum Gasteiger partial charge on any atom is -0.307 e. The molecule has 92 valence electrons. The van der Waals surface area contributed by atoms with Crippen LogP contribution in [0.25, 0.3) is 0 Å². The Kier molecular flexibility index (Phi) is 4.36. The van der Waals surface area contributed by atoms with Crippen molar-refractivity contribution >= 4 is 38.6 Å². The summed E-state index contributed by atoms with van der Waals surface area (Å²) >= 11 is 6.98. The van der Waals surface area contributed by atoms with Crippen molar-refractivity contribution in [1.82, 2.24) is 10.3 Å². The highest BCUT2D eigenvalue weighted by atomic mass is 79.9. The third-order valence-corrected chi connectivity index (χ3v) is 5.23. The number of aromatic nitrogens is 1. The molecule has 0 aliphatic carbocycles. The summed E-state index contributed by atoms with van der Waals surface area (Å²) in [6.07, 6.45) is 0. The van der Waals surface area contributed by atoms with E-state index < -0.39 is 0 Å². The molecule has 0 aromatic carbocycles. The van der Waals surface area contributed by atoms with Crippen LogP contribution in [0.4, 0.5) is 0 Å². The van der Waals surface area contributed by atoms with E-state index in [-0.39, 0.29) is 6.04 Å². The smallest absolute Gasteiger partial charge is 0.115 e. The summed E-state index contributed by atoms with van der Waals surface area (Å²) in [5, 5.41) is 8.75. The highest BCUT2D eigenvalue weighted by Crippen LogP contribution is 2.32. The predicted molar refractivity (Wildman–Crippen MR) is 79.1 cm³/mol. The quantitative estimate of drug-likeness (QED) is 0.898. The second-order valence-corrected chi connectivity index (χ2v) is 6.90. The lowest BCUT2D eigenvalue weighted by atomic mass is 10.2. The van der Waals surface area contributed by atoms with E-state index in [1.807, 2.05) is 7.05 Å². The molecular weight excluding hydrogens is 316 g/mol. The van der Waals surface area contributed by atoms with Gasteiger partial charge in [0.25, 0.3) is 0 Å². The summed E-state index contributed by atoms with van der Waals surface area (Å²) in [6.45, 7) is 4.35. The van der Waals surface area contributed by atoms with E-state index >= 15 is 0 Å². The molecular formula is C12H15BrN2S2. The molecule has 0 amide bonds. The normalized spacial score (nSPS) is 13.2. The molecule has 0 bridgehead atoms. The molecule has 2 aromatic heterocycles. The molecule has 5 heteroatoms. The maximum absolute atomic E-state index is 4.71. The Morgan fingerprint density at radius 2 is 2.06 bits per heavy atom. The van der Waals surface area contributed by atoms with Gasteiger partial charge in [-0.25, -0.2) is 4.98 Å². The first kappa shape index (κ1) is 13.2. The van der Waals surface area contributed by atoms with E-state index in [9.17, 15) is 0 Å². The van der Waals surface area contributed by atoms with Gasteiger partial charge in [0, 0.05) is 20.1 Å². The average molecular weight is 331 g/mol. The van der Waals surface area contributed by atoms with E-state index in [1.54, 1.807) is 22.7 Å². The van der Waals surface area contributed by atoms with Crippen LogP contribution >= 0.6 is 38.6 Å². The van der Waals surface area contributed by atoms with Gasteiger partial charge in [0.1, 0.15) is 5.01 Å². The highest BCUT2D eigenvalue weighted by molar-refractivity contribution is 9.10. The molecule has 0 fully saturated rings. The summed E-state index contributed by atoms with van der Waals surface area (Å²) in [7, 11) is 1.98. The molecule has 0 radical (unpaired) electrons. The van der Waals surface area contributed by atoms with Crippen molar-refractivity contribution in [3.8, 4) is 0 Å². The van der Waals surface area contributed by atoms with Crippen LogP contribution in [0.3, 0.4) is 0 Å². The first-order chi connectivity index (χ1) is 8.11. The summed E-state index contributed by atoms with van der Waals surface area (Å²) in [6, 6.07) is 2.37. The number of nitrogens with one attached hydrogen (secondary N) is 1. The maximum Gasteiger partial charge on any atom is 0.115 e. The molecule has 0 aliphatic rings. The molecule has 2 rings (SSSR count). The molecule has 17 heavy (non-hydrogen) atoms. The van der Waals surface area contributed by atoms with Crippen LogP contribution in [-0.2, 0) is 0 Å². The first-order valence-corrected chi connectivity index (χ1v) is 8.03. The number of hydrogen-bond acceptors (Lipinski definition) is 4. The zero-order valence-electron chi connectivity index (χ0n) is 10.0. The lowest BCUT2D eigenvalue weighted by Gasteiger charge is -2.11. The standard InChI is InChI=1S/C12H15BrN2S2/c1-7(2)9-6-17-12(15-9)11(14-3)10-4-8(13)5-16-10/h4-7,11,14H,1-3H3. The first-order valence-electron chi connectivity index (χ1n) is 5.48. The average Bonchev–Trinajstić information content (AvgIpc) is 2.89. The molecule has 2 nitrogen and oxygen atoms in total. The van der Waals surface area contributed by atoms with Crippen LogP contribution in [0.2, 0.25) is 0 Å². The van der Waals surface area contributed by atoms with E-state index in [0.29, 0.717) is 5.92 Å². The third-order valence-electron chi connectivity index (χ3n) is 2.54. The molecule has 0 saturated heterocycles. The summed E-state index contributed by atoms with van der Waals surface area (Å²) in [5.41, 5.74) is 1.18. The van der Waals surface area contributed by atoms with Crippen LogP contribution in [-0.4, -0.2) is 12.0 Å². The molecule has 0 spiro atoms. The monoisotopic (exact) mass is 330 g/mol. The number of halogens is 1. The SMILES string of the molecule is CNC(c1cc(Br)cs1)c1nc(C(C)C)cs1. The summed E-state index contributed by atoms with van der Waals surface area (Å²) in [4.78, 5) is 6.01. The van der Waals surface area contributed by atoms with Crippen molar-refractivity contribution in [2.45, 2.75) is 25.8 Å². The maximum atomic E-state index is 4.71. The van der Waals surface area contributed by atoms with Crippen LogP contribution in [0.1, 0.15) is 41.4 Å². The third kappa shape index (κ3) is 2.96. The summed E-state index contributed by atoms with van der Waals surface area (Å²) < 4.78 is 1.14. The van der Waals surface area contributed by atoms with E-state index in [4.69, 9.17) is 4.98 Å². The Balaban J connectivity index is 2.28. The fraction of sp³-hybridized carbons (Fsp3) is 0.417. The van der Waals surface area contributed by atoms with Gasteiger partial charge in [0.15, 0.2) is 0 Å². The van der Waals surface area contributed by atoms with Crippen LogP contribution in [0.15, 0.2) is 21.3 Å². The van der Waals surface area contributed by atoms with Crippen molar-refractivity contribution in [2.24, 2.45) is 0 Å². The molecule has 1 unspecified atom stereocenters. The fourth-order valence-electron chi connectivity index (χ4n) is 1.57. The van der Waals surface area contributed by atoms with Crippen LogP contribution in [0, 0.1) is 0 Å². The number of thiophene rings is 1. The molecule has 1 N–H and O–H groups in total. The topological polar surface area (TPSA) is 24.9 Å². The highest BCUT2D eigenvalue weighted by Gasteiger charge is 2.18. The van der Waals surface area contributed by atoms with Crippen molar-refractivity contribution in [3.05, 3.63) is 36.9 Å². The molecule has 2 heterocycles. The Labute approximate surface area is 118 Å². The second-order valence-electron chi connectivity index (χ2n) is 4.15. The Bertz CT molecular complexity index is 490. The second kappa shape index (κ2) is 5.61. The van der Waals surface area contributed by atoms with Gasteiger partial charge in [-0.15, -0.1) is 22.7 Å². The van der Waals surface area contributed by atoms with Gasteiger partial charge >= 0.3 is 0 Å². The lowest BCUT2D eigenvalue weighted by Crippen LogP contribution is -2.16. The van der Waals surface area contributed by atoms with Gasteiger partial charge in [0.2, 0.25) is 0 Å². The van der Waals surface area contributed by atoms with Crippen LogP contribution in [0.5, 0.6) is 0 Å². The zero-order chi connectivity index (χ0) is 12.4. The summed E-state index contributed by atoms with van der Waals surface area (Å²) in [5.74, 6) is 0.493. The fourth-order valence-corrected chi connectivity index (χ4v) is 4.30. The Morgan fingerprint density at radius 1 is 1.29 bits per heavy atom. The Hall–Kier alpha value is -0.230. The lowest BCUT2D eigenvalue weighted by molar-refractivity contribution is 0.689. The van der Waals surface area contributed by atoms with Gasteiger partial charge < -0.3 is 5.32 Å². The van der Waals surface area contributed by atoms with E-state index in [0.717, 1.165) is 9.48 Å². The van der Waals surface area contributed by atoms with Crippen molar-refractivity contribution in [3.63, 3.8) is 0 Å².